The number of anilines is 1. The molecule has 1 heterocycles. The summed E-state index contributed by atoms with van der Waals surface area (Å²) in [6.45, 7) is -0.174. The molecule has 25 heavy (non-hydrogen) atoms. The van der Waals surface area contributed by atoms with Crippen molar-refractivity contribution in [1.82, 2.24) is 15.5 Å². The van der Waals surface area contributed by atoms with Gasteiger partial charge >= 0.3 is 0 Å². The number of aromatic amines is 2. The van der Waals surface area contributed by atoms with E-state index in [-0.39, 0.29) is 34.8 Å². The molecule has 3 rings (SSSR count). The predicted octanol–water partition coefficient (Wildman–Crippen LogP) is 0.851. The number of hydrogen-bond donors (Lipinski definition) is 4. The molecule has 2 aromatic rings. The van der Waals surface area contributed by atoms with Crippen molar-refractivity contribution < 1.29 is 9.59 Å². The SMILES string of the molecule is O=C(CNC(=O)C1CCCCC1)Nc1cccc2c(=O)[nH][nH]c(=O)c12. The Bertz CT molecular complexity index is 909. The van der Waals surface area contributed by atoms with E-state index in [0.29, 0.717) is 0 Å². The largest absolute Gasteiger partial charge is 0.347 e. The van der Waals surface area contributed by atoms with Gasteiger partial charge in [-0.15, -0.1) is 0 Å². The first-order valence-electron chi connectivity index (χ1n) is 8.37. The molecule has 0 spiro atoms. The zero-order valence-electron chi connectivity index (χ0n) is 13.7. The molecule has 1 aromatic heterocycles. The number of nitrogens with one attached hydrogen (secondary N) is 4. The zero-order valence-corrected chi connectivity index (χ0v) is 13.7. The molecule has 1 aromatic carbocycles. The number of benzene rings is 1. The topological polar surface area (TPSA) is 124 Å². The Morgan fingerprint density at radius 3 is 2.52 bits per heavy atom. The number of hydrogen-bond acceptors (Lipinski definition) is 4. The summed E-state index contributed by atoms with van der Waals surface area (Å²) < 4.78 is 0. The van der Waals surface area contributed by atoms with Gasteiger partial charge in [0.15, 0.2) is 0 Å². The highest BCUT2D eigenvalue weighted by Gasteiger charge is 2.21. The van der Waals surface area contributed by atoms with Gasteiger partial charge in [0.1, 0.15) is 0 Å². The average molecular weight is 344 g/mol. The first-order valence-corrected chi connectivity index (χ1v) is 8.37. The lowest BCUT2D eigenvalue weighted by molar-refractivity contribution is -0.128. The van der Waals surface area contributed by atoms with Crippen LogP contribution >= 0.6 is 0 Å². The number of amides is 2. The molecule has 8 nitrogen and oxygen atoms in total. The molecule has 0 radical (unpaired) electrons. The van der Waals surface area contributed by atoms with Crippen LogP contribution < -0.4 is 21.8 Å². The maximum absolute atomic E-state index is 12.1. The van der Waals surface area contributed by atoms with Crippen LogP contribution in [0.3, 0.4) is 0 Å². The second kappa shape index (κ2) is 7.33. The summed E-state index contributed by atoms with van der Waals surface area (Å²) in [5, 5.41) is 10.00. The van der Waals surface area contributed by atoms with E-state index in [1.165, 1.54) is 12.1 Å². The van der Waals surface area contributed by atoms with E-state index in [1.54, 1.807) is 6.07 Å². The van der Waals surface area contributed by atoms with E-state index < -0.39 is 17.0 Å². The van der Waals surface area contributed by atoms with E-state index in [2.05, 4.69) is 20.8 Å². The van der Waals surface area contributed by atoms with E-state index in [4.69, 9.17) is 0 Å². The minimum absolute atomic E-state index is 0.0273. The fourth-order valence-electron chi connectivity index (χ4n) is 3.20. The number of carbonyl (C=O) groups excluding carboxylic acids is 2. The smallest absolute Gasteiger partial charge is 0.272 e. The Hall–Kier alpha value is -2.90. The molecule has 8 heteroatoms. The summed E-state index contributed by atoms with van der Waals surface area (Å²) in [4.78, 5) is 47.9. The van der Waals surface area contributed by atoms with Gasteiger partial charge in [0.25, 0.3) is 11.1 Å². The number of aromatic nitrogens is 2. The number of carbonyl (C=O) groups is 2. The van der Waals surface area contributed by atoms with Crippen molar-refractivity contribution >= 4 is 28.3 Å². The quantitative estimate of drug-likeness (QED) is 0.656. The maximum atomic E-state index is 12.1. The van der Waals surface area contributed by atoms with Crippen molar-refractivity contribution in [2.75, 3.05) is 11.9 Å². The first-order chi connectivity index (χ1) is 12.1. The third kappa shape index (κ3) is 3.78. The molecular formula is C17H20N4O4. The standard InChI is InChI=1S/C17H20N4O4/c22-13(9-18-15(23)10-5-2-1-3-6-10)19-12-8-4-7-11-14(12)17(25)21-20-16(11)24/h4,7-8,10H,1-3,5-6,9H2,(H,18,23)(H,19,22)(H,20,24)(H,21,25). The molecule has 0 saturated heterocycles. The van der Waals surface area contributed by atoms with Gasteiger partial charge in [-0.1, -0.05) is 25.3 Å². The van der Waals surface area contributed by atoms with Crippen molar-refractivity contribution in [2.24, 2.45) is 5.92 Å². The van der Waals surface area contributed by atoms with Gasteiger partial charge in [0, 0.05) is 5.92 Å². The van der Waals surface area contributed by atoms with Gasteiger partial charge in [0.05, 0.1) is 23.0 Å². The van der Waals surface area contributed by atoms with E-state index >= 15 is 0 Å². The Morgan fingerprint density at radius 1 is 1.04 bits per heavy atom. The highest BCUT2D eigenvalue weighted by atomic mass is 16.2. The molecule has 4 N–H and O–H groups in total. The van der Waals surface area contributed by atoms with Crippen LogP contribution in [0.4, 0.5) is 5.69 Å². The third-order valence-corrected chi connectivity index (χ3v) is 4.50. The van der Waals surface area contributed by atoms with Crippen molar-refractivity contribution in [3.05, 3.63) is 38.9 Å². The van der Waals surface area contributed by atoms with Gasteiger partial charge in [-0.05, 0) is 25.0 Å². The van der Waals surface area contributed by atoms with Crippen molar-refractivity contribution in [3.8, 4) is 0 Å². The Morgan fingerprint density at radius 2 is 1.76 bits per heavy atom. The third-order valence-electron chi connectivity index (χ3n) is 4.50. The van der Waals surface area contributed by atoms with Crippen molar-refractivity contribution in [3.63, 3.8) is 0 Å². The summed E-state index contributed by atoms with van der Waals surface area (Å²) in [5.74, 6) is -0.584. The number of H-pyrrole nitrogens is 2. The van der Waals surface area contributed by atoms with Crippen molar-refractivity contribution in [2.45, 2.75) is 32.1 Å². The first kappa shape index (κ1) is 16.9. The van der Waals surface area contributed by atoms with E-state index in [0.717, 1.165) is 32.1 Å². The zero-order chi connectivity index (χ0) is 17.8. The summed E-state index contributed by atoms with van der Waals surface area (Å²) >= 11 is 0. The minimum Gasteiger partial charge on any atom is -0.347 e. The van der Waals surface area contributed by atoms with Crippen molar-refractivity contribution in [1.29, 1.82) is 0 Å². The summed E-state index contributed by atoms with van der Waals surface area (Å²) in [5.41, 5.74) is -0.713. The van der Waals surface area contributed by atoms with E-state index in [9.17, 15) is 19.2 Å². The van der Waals surface area contributed by atoms with Crippen LogP contribution in [0.15, 0.2) is 27.8 Å². The predicted molar refractivity (Wildman–Crippen MR) is 93.4 cm³/mol. The lowest BCUT2D eigenvalue weighted by Crippen LogP contribution is -2.37. The summed E-state index contributed by atoms with van der Waals surface area (Å²) in [7, 11) is 0. The molecule has 1 aliphatic carbocycles. The van der Waals surface area contributed by atoms with Crippen LogP contribution in [0, 0.1) is 5.92 Å². The second-order valence-electron chi connectivity index (χ2n) is 6.24. The molecule has 132 valence electrons. The lowest BCUT2D eigenvalue weighted by Gasteiger charge is -2.20. The van der Waals surface area contributed by atoms with Crippen LogP contribution in [0.1, 0.15) is 32.1 Å². The number of fused-ring (bicyclic) bond motifs is 1. The molecule has 0 bridgehead atoms. The lowest BCUT2D eigenvalue weighted by atomic mass is 9.89. The van der Waals surface area contributed by atoms with Gasteiger partial charge < -0.3 is 10.6 Å². The van der Waals surface area contributed by atoms with Crippen LogP contribution in [0.25, 0.3) is 10.8 Å². The van der Waals surface area contributed by atoms with Gasteiger partial charge in [-0.2, -0.15) is 0 Å². The highest BCUT2D eigenvalue weighted by molar-refractivity contribution is 6.02. The van der Waals surface area contributed by atoms with Crippen LogP contribution in [-0.4, -0.2) is 28.6 Å². The van der Waals surface area contributed by atoms with Crippen LogP contribution in [0.5, 0.6) is 0 Å². The fourth-order valence-corrected chi connectivity index (χ4v) is 3.20. The Balaban J connectivity index is 1.68. The molecule has 0 atom stereocenters. The maximum Gasteiger partial charge on any atom is 0.272 e. The molecule has 1 fully saturated rings. The Kier molecular flexibility index (Phi) is 4.97. The molecule has 1 saturated carbocycles. The summed E-state index contributed by atoms with van der Waals surface area (Å²) in [6, 6.07) is 4.62. The Labute approximate surface area is 143 Å². The fraction of sp³-hybridized carbons (Fsp3) is 0.412. The molecule has 0 aliphatic heterocycles. The molecule has 2 amide bonds. The van der Waals surface area contributed by atoms with E-state index in [1.807, 2.05) is 0 Å². The van der Waals surface area contributed by atoms with Crippen LogP contribution in [0.2, 0.25) is 0 Å². The minimum atomic E-state index is -0.503. The second-order valence-corrected chi connectivity index (χ2v) is 6.24. The molecular weight excluding hydrogens is 324 g/mol. The summed E-state index contributed by atoms with van der Waals surface area (Å²) in [6.07, 6.45) is 4.94. The molecule has 1 aliphatic rings. The monoisotopic (exact) mass is 344 g/mol. The highest BCUT2D eigenvalue weighted by Crippen LogP contribution is 2.23. The average Bonchev–Trinajstić information content (AvgIpc) is 2.63. The van der Waals surface area contributed by atoms with Gasteiger partial charge in [0.2, 0.25) is 11.8 Å². The normalized spacial score (nSPS) is 15.0. The molecule has 0 unspecified atom stereocenters. The van der Waals surface area contributed by atoms with Gasteiger partial charge in [-0.3, -0.25) is 29.4 Å². The number of rotatable bonds is 4. The van der Waals surface area contributed by atoms with Crippen LogP contribution in [-0.2, 0) is 9.59 Å². The van der Waals surface area contributed by atoms with Gasteiger partial charge in [-0.25, -0.2) is 0 Å².